The summed E-state index contributed by atoms with van der Waals surface area (Å²) in [5.41, 5.74) is 5.41. The summed E-state index contributed by atoms with van der Waals surface area (Å²) in [6, 6.07) is 4.09. The van der Waals surface area contributed by atoms with Gasteiger partial charge in [0.15, 0.2) is 0 Å². The first-order chi connectivity index (χ1) is 11.2. The molecular formula is C17H16BrN3O2. The molecule has 5 nitrogen and oxygen atoms in total. The molecule has 3 heterocycles. The Labute approximate surface area is 142 Å². The Morgan fingerprint density at radius 2 is 2.00 bits per heavy atom. The maximum atomic E-state index is 5.42. The fourth-order valence-electron chi connectivity index (χ4n) is 3.00. The van der Waals surface area contributed by atoms with E-state index in [0.717, 1.165) is 56.0 Å². The minimum Gasteiger partial charge on any atom is -0.499 e. The summed E-state index contributed by atoms with van der Waals surface area (Å²) in [4.78, 5) is 3.51. The summed E-state index contributed by atoms with van der Waals surface area (Å²) >= 11 is 3.54. The third kappa shape index (κ3) is 2.21. The van der Waals surface area contributed by atoms with Crippen LogP contribution in [0.15, 0.2) is 40.5 Å². The van der Waals surface area contributed by atoms with Crippen LogP contribution in [-0.4, -0.2) is 19.2 Å². The molecular weight excluding hydrogens is 358 g/mol. The van der Waals surface area contributed by atoms with Gasteiger partial charge in [-0.15, -0.1) is 0 Å². The maximum absolute atomic E-state index is 5.42. The molecule has 0 amide bonds. The van der Waals surface area contributed by atoms with Crippen LogP contribution in [0.2, 0.25) is 0 Å². The number of nitrogens with one attached hydrogen (secondary N) is 3. The van der Waals surface area contributed by atoms with Crippen LogP contribution in [0.25, 0.3) is 22.7 Å². The van der Waals surface area contributed by atoms with Crippen LogP contribution in [-0.2, 0) is 4.74 Å². The van der Waals surface area contributed by atoms with Crippen molar-refractivity contribution in [2.75, 3.05) is 14.2 Å². The van der Waals surface area contributed by atoms with Gasteiger partial charge in [0.05, 0.1) is 30.1 Å². The second-order valence-electron chi connectivity index (χ2n) is 5.41. The van der Waals surface area contributed by atoms with E-state index in [9.17, 15) is 0 Å². The summed E-state index contributed by atoms with van der Waals surface area (Å²) < 4.78 is 11.7. The zero-order chi connectivity index (χ0) is 16.0. The second-order valence-corrected chi connectivity index (χ2v) is 6.27. The van der Waals surface area contributed by atoms with E-state index in [1.165, 1.54) is 0 Å². The number of halogens is 1. The molecule has 1 aromatic carbocycles. The van der Waals surface area contributed by atoms with Crippen molar-refractivity contribution in [2.45, 2.75) is 6.42 Å². The number of methoxy groups -OCH3 is 2. The lowest BCUT2D eigenvalue weighted by Gasteiger charge is -2.15. The smallest absolute Gasteiger partial charge is 0.133 e. The summed E-state index contributed by atoms with van der Waals surface area (Å²) in [5.74, 6) is 1.74. The zero-order valence-corrected chi connectivity index (χ0v) is 14.4. The number of aromatic nitrogens is 1. The van der Waals surface area contributed by atoms with E-state index < -0.39 is 0 Å². The number of hydrogen-bond donors (Lipinski definition) is 3. The lowest BCUT2D eigenvalue weighted by atomic mass is 10.0. The molecule has 4 rings (SSSR count). The van der Waals surface area contributed by atoms with Gasteiger partial charge in [0.2, 0.25) is 0 Å². The monoisotopic (exact) mass is 373 g/mol. The molecule has 3 N–H and O–H groups in total. The highest BCUT2D eigenvalue weighted by atomic mass is 79.9. The Bertz CT molecular complexity index is 893. The Kier molecular flexibility index (Phi) is 3.34. The van der Waals surface area contributed by atoms with Gasteiger partial charge in [-0.2, -0.15) is 0 Å². The average Bonchev–Trinajstić information content (AvgIpc) is 3.17. The quantitative estimate of drug-likeness (QED) is 0.751. The topological polar surface area (TPSA) is 58.3 Å². The van der Waals surface area contributed by atoms with E-state index in [-0.39, 0.29) is 0 Å². The number of rotatable bonds is 2. The molecule has 23 heavy (non-hydrogen) atoms. The van der Waals surface area contributed by atoms with Crippen LogP contribution >= 0.6 is 15.9 Å². The molecule has 0 saturated heterocycles. The van der Waals surface area contributed by atoms with Crippen LogP contribution in [0.5, 0.6) is 5.75 Å². The second kappa shape index (κ2) is 5.38. The van der Waals surface area contributed by atoms with Crippen LogP contribution in [0.1, 0.15) is 17.7 Å². The summed E-state index contributed by atoms with van der Waals surface area (Å²) in [6.07, 6.45) is 6.67. The molecule has 2 aromatic rings. The van der Waals surface area contributed by atoms with Crippen molar-refractivity contribution in [2.24, 2.45) is 0 Å². The number of hydrogen-bond acceptors (Lipinski definition) is 4. The van der Waals surface area contributed by atoms with E-state index in [1.807, 2.05) is 24.5 Å². The van der Waals surface area contributed by atoms with Gasteiger partial charge < -0.3 is 25.1 Å². The normalized spacial score (nSPS) is 19.2. The van der Waals surface area contributed by atoms with E-state index in [2.05, 4.69) is 37.6 Å². The molecule has 0 bridgehead atoms. The van der Waals surface area contributed by atoms with Crippen LogP contribution in [0, 0.1) is 0 Å². The molecule has 1 aromatic heterocycles. The number of benzene rings is 1. The summed E-state index contributed by atoms with van der Waals surface area (Å²) in [6.45, 7) is 0. The highest BCUT2D eigenvalue weighted by Crippen LogP contribution is 2.37. The minimum absolute atomic E-state index is 0.745. The first kappa shape index (κ1) is 14.3. The van der Waals surface area contributed by atoms with Gasteiger partial charge in [-0.25, -0.2) is 0 Å². The highest BCUT2D eigenvalue weighted by molar-refractivity contribution is 9.10. The third-order valence-corrected chi connectivity index (χ3v) is 4.78. The standard InChI is InChI=1S/C17H16BrN3O2/c1-22-9-5-14(20-8-9)17-16-10(3-4-19-17)11-6-15(23-2)12(18)7-13(11)21-16/h3-4,6-8,19-21H,5H2,1-2H3. The third-order valence-electron chi connectivity index (χ3n) is 4.16. The Hall–Kier alpha value is -2.34. The minimum atomic E-state index is 0.745. The predicted molar refractivity (Wildman–Crippen MR) is 94.5 cm³/mol. The Morgan fingerprint density at radius 3 is 2.74 bits per heavy atom. The Morgan fingerprint density at radius 1 is 1.13 bits per heavy atom. The van der Waals surface area contributed by atoms with Gasteiger partial charge in [-0.1, -0.05) is 0 Å². The first-order valence-electron chi connectivity index (χ1n) is 7.26. The fraction of sp³-hybridized carbons (Fsp3) is 0.176. The fourth-order valence-corrected chi connectivity index (χ4v) is 3.50. The van der Waals surface area contributed by atoms with E-state index in [0.29, 0.717) is 0 Å². The van der Waals surface area contributed by atoms with Crippen molar-refractivity contribution in [1.82, 2.24) is 15.6 Å². The van der Waals surface area contributed by atoms with Gasteiger partial charge in [0.1, 0.15) is 11.5 Å². The number of aromatic amines is 1. The lowest BCUT2D eigenvalue weighted by molar-refractivity contribution is 0.287. The van der Waals surface area contributed by atoms with Gasteiger partial charge in [-0.05, 0) is 34.1 Å². The van der Waals surface area contributed by atoms with Crippen molar-refractivity contribution in [1.29, 1.82) is 0 Å². The van der Waals surface area contributed by atoms with Gasteiger partial charge in [0.25, 0.3) is 0 Å². The van der Waals surface area contributed by atoms with E-state index >= 15 is 0 Å². The van der Waals surface area contributed by atoms with Gasteiger partial charge in [0, 0.05) is 41.0 Å². The first-order valence-corrected chi connectivity index (χ1v) is 8.06. The van der Waals surface area contributed by atoms with Gasteiger partial charge in [-0.3, -0.25) is 0 Å². The molecule has 0 fully saturated rings. The molecule has 0 saturated carbocycles. The molecule has 0 radical (unpaired) electrons. The molecule has 6 heteroatoms. The summed E-state index contributed by atoms with van der Waals surface area (Å²) in [7, 11) is 3.36. The molecule has 2 aliphatic heterocycles. The van der Waals surface area contributed by atoms with E-state index in [4.69, 9.17) is 9.47 Å². The number of H-pyrrole nitrogens is 1. The van der Waals surface area contributed by atoms with Crippen molar-refractivity contribution in [3.8, 4) is 5.75 Å². The Balaban J connectivity index is 1.88. The van der Waals surface area contributed by atoms with Crippen molar-refractivity contribution in [3.63, 3.8) is 0 Å². The average molecular weight is 374 g/mol. The molecule has 0 atom stereocenters. The maximum Gasteiger partial charge on any atom is 0.133 e. The predicted octanol–water partition coefficient (Wildman–Crippen LogP) is 3.66. The van der Waals surface area contributed by atoms with Crippen LogP contribution in [0.4, 0.5) is 0 Å². The molecule has 0 aliphatic carbocycles. The van der Waals surface area contributed by atoms with Crippen molar-refractivity contribution >= 4 is 38.6 Å². The molecule has 0 unspecified atom stereocenters. The molecule has 118 valence electrons. The SMILES string of the molecule is COC1=CNC(=C2NC=Cc3c2[nH]c2cc(Br)c(OC)cc32)C1. The van der Waals surface area contributed by atoms with Crippen molar-refractivity contribution < 1.29 is 9.47 Å². The number of ether oxygens (including phenoxy) is 2. The highest BCUT2D eigenvalue weighted by Gasteiger charge is 2.22. The summed E-state index contributed by atoms with van der Waals surface area (Å²) in [5, 5.41) is 7.76. The molecule has 0 spiro atoms. The van der Waals surface area contributed by atoms with Crippen LogP contribution in [0.3, 0.4) is 0 Å². The lowest BCUT2D eigenvalue weighted by Crippen LogP contribution is -2.15. The largest absolute Gasteiger partial charge is 0.499 e. The van der Waals surface area contributed by atoms with Crippen LogP contribution < -0.4 is 15.4 Å². The van der Waals surface area contributed by atoms with E-state index in [1.54, 1.807) is 14.2 Å². The number of fused-ring (bicyclic) bond motifs is 3. The molecule has 2 aliphatic rings. The van der Waals surface area contributed by atoms with Gasteiger partial charge >= 0.3 is 0 Å². The van der Waals surface area contributed by atoms with Crippen molar-refractivity contribution in [3.05, 3.63) is 51.7 Å². The zero-order valence-electron chi connectivity index (χ0n) is 12.8.